The van der Waals surface area contributed by atoms with Crippen LogP contribution in [0.1, 0.15) is 69.5 Å². The molecule has 5 nitrogen and oxygen atoms in total. The Balaban J connectivity index is 1.38. The summed E-state index contributed by atoms with van der Waals surface area (Å²) < 4.78 is 5.91. The summed E-state index contributed by atoms with van der Waals surface area (Å²) in [5, 5.41) is 3.32. The molecular formula is C20H29N3O2. The number of urea groups is 1. The van der Waals surface area contributed by atoms with Gasteiger partial charge in [0.2, 0.25) is 0 Å². The molecule has 1 aromatic heterocycles. The number of hydrogen-bond donors (Lipinski definition) is 1. The van der Waals surface area contributed by atoms with E-state index in [4.69, 9.17) is 4.74 Å². The Morgan fingerprint density at radius 2 is 2.08 bits per heavy atom. The zero-order valence-corrected chi connectivity index (χ0v) is 15.0. The van der Waals surface area contributed by atoms with E-state index in [2.05, 4.69) is 21.3 Å². The average molecular weight is 343 g/mol. The van der Waals surface area contributed by atoms with Crippen molar-refractivity contribution in [3.05, 3.63) is 30.1 Å². The monoisotopic (exact) mass is 343 g/mol. The van der Waals surface area contributed by atoms with Crippen LogP contribution in [0.2, 0.25) is 0 Å². The molecule has 3 heterocycles. The van der Waals surface area contributed by atoms with Crippen molar-refractivity contribution >= 4 is 6.03 Å². The maximum atomic E-state index is 13.0. The van der Waals surface area contributed by atoms with Crippen LogP contribution in [-0.4, -0.2) is 40.6 Å². The molecule has 1 aromatic rings. The van der Waals surface area contributed by atoms with Crippen LogP contribution in [0.3, 0.4) is 0 Å². The number of nitrogens with zero attached hydrogens (tertiary/aromatic N) is 2. The van der Waals surface area contributed by atoms with Gasteiger partial charge in [0.1, 0.15) is 0 Å². The molecule has 0 aromatic carbocycles. The number of pyridine rings is 1. The number of ether oxygens (including phenoxy) is 1. The van der Waals surface area contributed by atoms with E-state index >= 15 is 0 Å². The predicted molar refractivity (Wildman–Crippen MR) is 96.2 cm³/mol. The molecule has 3 aliphatic rings. The fourth-order valence-corrected chi connectivity index (χ4v) is 4.96. The summed E-state index contributed by atoms with van der Waals surface area (Å²) in [5.74, 6) is 0. The van der Waals surface area contributed by atoms with Crippen molar-refractivity contribution in [1.82, 2.24) is 15.2 Å². The third-order valence-corrected chi connectivity index (χ3v) is 6.29. The molecule has 3 fully saturated rings. The molecule has 2 saturated heterocycles. The van der Waals surface area contributed by atoms with Crippen LogP contribution in [0.5, 0.6) is 0 Å². The first-order valence-corrected chi connectivity index (χ1v) is 9.87. The Bertz CT molecular complexity index is 586. The maximum absolute atomic E-state index is 13.0. The Kier molecular flexibility index (Phi) is 4.93. The van der Waals surface area contributed by atoms with Gasteiger partial charge in [-0.3, -0.25) is 4.98 Å². The van der Waals surface area contributed by atoms with E-state index in [1.165, 1.54) is 38.5 Å². The molecule has 25 heavy (non-hydrogen) atoms. The highest BCUT2D eigenvalue weighted by molar-refractivity contribution is 5.76. The summed E-state index contributed by atoms with van der Waals surface area (Å²) in [6, 6.07) is 4.33. The Morgan fingerprint density at radius 1 is 1.24 bits per heavy atom. The van der Waals surface area contributed by atoms with Gasteiger partial charge in [0, 0.05) is 37.1 Å². The average Bonchev–Trinajstić information content (AvgIpc) is 3.06. The van der Waals surface area contributed by atoms with Crippen LogP contribution in [-0.2, 0) is 4.74 Å². The lowest BCUT2D eigenvalue weighted by molar-refractivity contribution is 0.000344. The number of rotatable bonds is 2. The van der Waals surface area contributed by atoms with Gasteiger partial charge >= 0.3 is 6.03 Å². The second-order valence-corrected chi connectivity index (χ2v) is 7.86. The van der Waals surface area contributed by atoms with Gasteiger partial charge in [0.25, 0.3) is 0 Å². The normalized spacial score (nSPS) is 28.9. The van der Waals surface area contributed by atoms with E-state index in [0.29, 0.717) is 6.61 Å². The number of likely N-dealkylation sites (tertiary alicyclic amines) is 1. The summed E-state index contributed by atoms with van der Waals surface area (Å²) in [6.45, 7) is 1.61. The molecule has 2 atom stereocenters. The molecule has 2 amide bonds. The summed E-state index contributed by atoms with van der Waals surface area (Å²) in [6.07, 6.45) is 14.0. The fourth-order valence-electron chi connectivity index (χ4n) is 4.96. The number of nitrogens with one attached hydrogen (secondary N) is 1. The SMILES string of the molecule is O=C(NC1CCOC(c2cccnc2)C1)N1CCCC12CCCCC2. The molecule has 0 bridgehead atoms. The minimum absolute atomic E-state index is 0.0370. The van der Waals surface area contributed by atoms with Crippen LogP contribution in [0.25, 0.3) is 0 Å². The standard InChI is InChI=1S/C20H29N3O2/c24-19(23-12-5-10-20(23)8-2-1-3-9-20)22-17-7-13-25-18(14-17)16-6-4-11-21-15-16/h4,6,11,15,17-18H,1-3,5,7-10,12-14H2,(H,22,24). The predicted octanol–water partition coefficient (Wildman–Crippen LogP) is 3.81. The number of aromatic nitrogens is 1. The zero-order valence-electron chi connectivity index (χ0n) is 15.0. The molecule has 4 rings (SSSR count). The van der Waals surface area contributed by atoms with Gasteiger partial charge in [-0.15, -0.1) is 0 Å². The van der Waals surface area contributed by atoms with Gasteiger partial charge < -0.3 is 15.0 Å². The molecule has 2 aliphatic heterocycles. The van der Waals surface area contributed by atoms with Crippen LogP contribution in [0.4, 0.5) is 4.79 Å². The van der Waals surface area contributed by atoms with Crippen molar-refractivity contribution in [2.75, 3.05) is 13.2 Å². The summed E-state index contributed by atoms with van der Waals surface area (Å²) >= 11 is 0. The first-order chi connectivity index (χ1) is 12.3. The van der Waals surface area contributed by atoms with Crippen LogP contribution in [0, 0.1) is 0 Å². The van der Waals surface area contributed by atoms with Crippen LogP contribution < -0.4 is 5.32 Å². The lowest BCUT2D eigenvalue weighted by atomic mass is 9.80. The first kappa shape index (κ1) is 16.8. The molecule has 136 valence electrons. The van der Waals surface area contributed by atoms with Crippen molar-refractivity contribution in [2.45, 2.75) is 75.5 Å². The molecule has 5 heteroatoms. The molecule has 2 unspecified atom stereocenters. The van der Waals surface area contributed by atoms with Gasteiger partial charge in [0.15, 0.2) is 0 Å². The lowest BCUT2D eigenvalue weighted by Gasteiger charge is -2.42. The minimum Gasteiger partial charge on any atom is -0.373 e. The third kappa shape index (κ3) is 3.52. The summed E-state index contributed by atoms with van der Waals surface area (Å²) in [4.78, 5) is 19.3. The van der Waals surface area contributed by atoms with Crippen molar-refractivity contribution < 1.29 is 9.53 Å². The maximum Gasteiger partial charge on any atom is 0.318 e. The van der Waals surface area contributed by atoms with Crippen molar-refractivity contribution in [3.8, 4) is 0 Å². The van der Waals surface area contributed by atoms with Gasteiger partial charge in [-0.05, 0) is 50.2 Å². The van der Waals surface area contributed by atoms with Gasteiger partial charge in [0.05, 0.1) is 6.10 Å². The number of carbonyl (C=O) groups excluding carboxylic acids is 1. The second-order valence-electron chi connectivity index (χ2n) is 7.86. The lowest BCUT2D eigenvalue weighted by Crippen LogP contribution is -2.54. The highest BCUT2D eigenvalue weighted by atomic mass is 16.5. The highest BCUT2D eigenvalue weighted by Gasteiger charge is 2.44. The minimum atomic E-state index is 0.0370. The molecule has 1 spiro atoms. The van der Waals surface area contributed by atoms with Crippen molar-refractivity contribution in [1.29, 1.82) is 0 Å². The molecule has 1 aliphatic carbocycles. The zero-order chi connectivity index (χ0) is 17.1. The van der Waals surface area contributed by atoms with E-state index in [1.54, 1.807) is 6.20 Å². The molecule has 1 saturated carbocycles. The van der Waals surface area contributed by atoms with Gasteiger partial charge in [-0.1, -0.05) is 25.3 Å². The number of amides is 2. The van der Waals surface area contributed by atoms with E-state index in [-0.39, 0.29) is 23.7 Å². The number of hydrogen-bond acceptors (Lipinski definition) is 3. The Hall–Kier alpha value is -1.62. The Morgan fingerprint density at radius 3 is 2.88 bits per heavy atom. The molecular weight excluding hydrogens is 314 g/mol. The molecule has 1 N–H and O–H groups in total. The van der Waals surface area contributed by atoms with E-state index < -0.39 is 0 Å². The van der Waals surface area contributed by atoms with Crippen molar-refractivity contribution in [3.63, 3.8) is 0 Å². The summed E-state index contributed by atoms with van der Waals surface area (Å²) in [5.41, 5.74) is 1.25. The smallest absolute Gasteiger partial charge is 0.318 e. The largest absolute Gasteiger partial charge is 0.373 e. The van der Waals surface area contributed by atoms with Gasteiger partial charge in [-0.2, -0.15) is 0 Å². The van der Waals surface area contributed by atoms with E-state index in [9.17, 15) is 4.79 Å². The van der Waals surface area contributed by atoms with Crippen LogP contribution >= 0.6 is 0 Å². The third-order valence-electron chi connectivity index (χ3n) is 6.29. The highest BCUT2D eigenvalue weighted by Crippen LogP contribution is 2.41. The number of carbonyl (C=O) groups is 1. The fraction of sp³-hybridized carbons (Fsp3) is 0.700. The van der Waals surface area contributed by atoms with E-state index in [1.807, 2.05) is 12.3 Å². The first-order valence-electron chi connectivity index (χ1n) is 9.87. The molecule has 0 radical (unpaired) electrons. The van der Waals surface area contributed by atoms with E-state index in [0.717, 1.165) is 31.4 Å². The van der Waals surface area contributed by atoms with Gasteiger partial charge in [-0.25, -0.2) is 4.79 Å². The van der Waals surface area contributed by atoms with Crippen LogP contribution in [0.15, 0.2) is 24.5 Å². The quantitative estimate of drug-likeness (QED) is 0.888. The summed E-state index contributed by atoms with van der Waals surface area (Å²) in [7, 11) is 0. The topological polar surface area (TPSA) is 54.5 Å². The second kappa shape index (κ2) is 7.32. The Labute approximate surface area is 150 Å². The van der Waals surface area contributed by atoms with Crippen molar-refractivity contribution in [2.24, 2.45) is 0 Å².